The molecule has 0 atom stereocenters. The molecule has 0 aliphatic rings. The molecule has 4 rings (SSSR count). The summed E-state index contributed by atoms with van der Waals surface area (Å²) in [7, 11) is 1.57. The quantitative estimate of drug-likeness (QED) is 0.381. The van der Waals surface area contributed by atoms with Gasteiger partial charge in [-0.05, 0) is 24.3 Å². The van der Waals surface area contributed by atoms with E-state index in [0.717, 1.165) is 21.7 Å². The minimum absolute atomic E-state index is 0.404. The summed E-state index contributed by atoms with van der Waals surface area (Å²) < 4.78 is 5.45. The molecule has 4 aromatic rings. The Bertz CT molecular complexity index is 1210. The first-order chi connectivity index (χ1) is 13.1. The van der Waals surface area contributed by atoms with Crippen molar-refractivity contribution < 1.29 is 4.74 Å². The lowest BCUT2D eigenvalue weighted by molar-refractivity contribution is 0.403. The number of terminal acetylenes is 1. The van der Waals surface area contributed by atoms with Crippen LogP contribution in [0.4, 0.5) is 11.5 Å². The van der Waals surface area contributed by atoms with Crippen molar-refractivity contribution in [1.29, 1.82) is 0 Å². The molecule has 3 heterocycles. The van der Waals surface area contributed by atoms with E-state index >= 15 is 0 Å². The molecule has 1 aromatic carbocycles. The number of benzene rings is 1. The van der Waals surface area contributed by atoms with Crippen LogP contribution in [0.3, 0.4) is 0 Å². The lowest BCUT2D eigenvalue weighted by Crippen LogP contribution is -2.00. The van der Waals surface area contributed by atoms with Gasteiger partial charge in [-0.25, -0.2) is 9.97 Å². The molecule has 27 heavy (non-hydrogen) atoms. The third-order valence-electron chi connectivity index (χ3n) is 4.12. The topological polar surface area (TPSA) is 59.9 Å². The van der Waals surface area contributed by atoms with Crippen molar-refractivity contribution in [2.24, 2.45) is 0 Å². The summed E-state index contributed by atoms with van der Waals surface area (Å²) >= 11 is 12.7. The summed E-state index contributed by atoms with van der Waals surface area (Å²) in [4.78, 5) is 13.2. The van der Waals surface area contributed by atoms with Crippen LogP contribution in [-0.2, 0) is 0 Å². The van der Waals surface area contributed by atoms with Crippen LogP contribution in [0.1, 0.15) is 5.56 Å². The third-order valence-corrected chi connectivity index (χ3v) is 4.71. The Balaban J connectivity index is 1.99. The highest BCUT2D eigenvalue weighted by Crippen LogP contribution is 2.38. The van der Waals surface area contributed by atoms with Gasteiger partial charge in [-0.1, -0.05) is 29.1 Å². The smallest absolute Gasteiger partial charge is 0.221 e. The Labute approximate surface area is 165 Å². The van der Waals surface area contributed by atoms with Crippen molar-refractivity contribution in [3.63, 3.8) is 0 Å². The number of hydrogen-bond acceptors (Lipinski definition) is 5. The molecule has 132 valence electrons. The molecule has 0 unspecified atom stereocenters. The summed E-state index contributed by atoms with van der Waals surface area (Å²) in [6.45, 7) is 0. The van der Waals surface area contributed by atoms with Crippen molar-refractivity contribution in [2.45, 2.75) is 0 Å². The zero-order valence-electron chi connectivity index (χ0n) is 14.1. The fraction of sp³-hybridized carbons (Fsp3) is 0.0500. The van der Waals surface area contributed by atoms with E-state index in [1.54, 1.807) is 37.8 Å². The Kier molecular flexibility index (Phi) is 4.44. The van der Waals surface area contributed by atoms with Crippen LogP contribution in [0.15, 0.2) is 42.9 Å². The van der Waals surface area contributed by atoms with Crippen LogP contribution in [0.5, 0.6) is 5.88 Å². The maximum Gasteiger partial charge on any atom is 0.221 e. The van der Waals surface area contributed by atoms with Gasteiger partial charge in [0.2, 0.25) is 5.88 Å². The summed E-state index contributed by atoms with van der Waals surface area (Å²) in [5.74, 6) is 3.58. The molecule has 0 saturated carbocycles. The number of hydrogen-bond donors (Lipinski definition) is 1. The first kappa shape index (κ1) is 17.3. The van der Waals surface area contributed by atoms with Gasteiger partial charge in [0.25, 0.3) is 0 Å². The van der Waals surface area contributed by atoms with Crippen LogP contribution in [0.25, 0.3) is 21.7 Å². The summed E-state index contributed by atoms with van der Waals surface area (Å²) in [5.41, 5.74) is 1.86. The predicted octanol–water partition coefficient (Wildman–Crippen LogP) is 5.22. The van der Waals surface area contributed by atoms with E-state index in [1.165, 1.54) is 0 Å². The number of fused-ring (bicyclic) bond motifs is 3. The minimum atomic E-state index is 0.404. The number of ether oxygens (including phenoxy) is 1. The maximum atomic E-state index is 6.37. The SMILES string of the molecule is C#Cc1cc(Cl)c(Nc2nc3ccncc3c3c(OC)nccc23)c(Cl)c1. The number of pyridine rings is 3. The minimum Gasteiger partial charge on any atom is -0.481 e. The Morgan fingerprint density at radius 2 is 1.89 bits per heavy atom. The molecule has 3 aromatic heterocycles. The molecule has 5 nitrogen and oxygen atoms in total. The van der Waals surface area contributed by atoms with Crippen molar-refractivity contribution in [2.75, 3.05) is 12.4 Å². The van der Waals surface area contributed by atoms with Gasteiger partial charge in [-0.2, -0.15) is 0 Å². The summed E-state index contributed by atoms with van der Waals surface area (Å²) in [5, 5.41) is 6.48. The average molecular weight is 395 g/mol. The molecule has 0 aliphatic carbocycles. The van der Waals surface area contributed by atoms with E-state index in [1.807, 2.05) is 12.1 Å². The van der Waals surface area contributed by atoms with E-state index in [4.69, 9.17) is 39.3 Å². The van der Waals surface area contributed by atoms with Gasteiger partial charge in [0.1, 0.15) is 5.82 Å². The van der Waals surface area contributed by atoms with Gasteiger partial charge in [-0.15, -0.1) is 6.42 Å². The number of halogens is 2. The van der Waals surface area contributed by atoms with Crippen molar-refractivity contribution >= 4 is 56.4 Å². The zero-order valence-corrected chi connectivity index (χ0v) is 15.6. The standard InChI is InChI=1S/C20H12Cl2N4O/c1-3-11-8-14(21)18(15(22)9-11)26-19-12-4-7-24-20(27-2)17(12)13-10-23-6-5-16(13)25-19/h1,4-10H,2H3,(H,25,26). The Morgan fingerprint density at radius 1 is 1.11 bits per heavy atom. The first-order valence-corrected chi connectivity index (χ1v) is 8.67. The molecule has 0 amide bonds. The number of nitrogens with zero attached hydrogens (tertiary/aromatic N) is 3. The van der Waals surface area contributed by atoms with Crippen LogP contribution >= 0.6 is 23.2 Å². The largest absolute Gasteiger partial charge is 0.481 e. The predicted molar refractivity (Wildman–Crippen MR) is 109 cm³/mol. The Hall–Kier alpha value is -3.07. The Morgan fingerprint density at radius 3 is 2.59 bits per heavy atom. The fourth-order valence-corrected chi connectivity index (χ4v) is 3.48. The number of anilines is 2. The van der Waals surface area contributed by atoms with Gasteiger partial charge in [0.05, 0.1) is 33.7 Å². The number of nitrogens with one attached hydrogen (secondary N) is 1. The van der Waals surface area contributed by atoms with Crippen molar-refractivity contribution in [3.05, 3.63) is 58.5 Å². The molecule has 0 spiro atoms. The molecule has 0 aliphatic heterocycles. The number of aromatic nitrogens is 3. The van der Waals surface area contributed by atoms with E-state index < -0.39 is 0 Å². The first-order valence-electron chi connectivity index (χ1n) is 7.91. The maximum absolute atomic E-state index is 6.37. The van der Waals surface area contributed by atoms with Gasteiger partial charge >= 0.3 is 0 Å². The molecule has 0 saturated heterocycles. The second-order valence-electron chi connectivity index (χ2n) is 5.68. The molecular formula is C20H12Cl2N4O. The molecular weight excluding hydrogens is 383 g/mol. The highest BCUT2D eigenvalue weighted by atomic mass is 35.5. The average Bonchev–Trinajstić information content (AvgIpc) is 2.69. The summed E-state index contributed by atoms with van der Waals surface area (Å²) in [6, 6.07) is 7.00. The van der Waals surface area contributed by atoms with Gasteiger partial charge in [0, 0.05) is 34.9 Å². The summed E-state index contributed by atoms with van der Waals surface area (Å²) in [6.07, 6.45) is 10.5. The monoisotopic (exact) mass is 394 g/mol. The van der Waals surface area contributed by atoms with Crippen LogP contribution in [0, 0.1) is 12.3 Å². The molecule has 1 N–H and O–H groups in total. The second kappa shape index (κ2) is 6.92. The lowest BCUT2D eigenvalue weighted by atomic mass is 10.1. The van der Waals surface area contributed by atoms with Crippen LogP contribution in [-0.4, -0.2) is 22.1 Å². The number of methoxy groups -OCH3 is 1. The van der Waals surface area contributed by atoms with E-state index in [-0.39, 0.29) is 0 Å². The van der Waals surface area contributed by atoms with Crippen molar-refractivity contribution in [3.8, 4) is 18.2 Å². The van der Waals surface area contributed by atoms with Crippen LogP contribution < -0.4 is 10.1 Å². The normalized spacial score (nSPS) is 10.7. The second-order valence-corrected chi connectivity index (χ2v) is 6.49. The highest BCUT2D eigenvalue weighted by molar-refractivity contribution is 6.39. The fourth-order valence-electron chi connectivity index (χ4n) is 2.90. The van der Waals surface area contributed by atoms with Gasteiger partial charge in [0.15, 0.2) is 0 Å². The van der Waals surface area contributed by atoms with E-state index in [2.05, 4.69) is 21.2 Å². The lowest BCUT2D eigenvalue weighted by Gasteiger charge is -2.15. The van der Waals surface area contributed by atoms with Gasteiger partial charge in [-0.3, -0.25) is 4.98 Å². The van der Waals surface area contributed by atoms with E-state index in [0.29, 0.717) is 33.0 Å². The van der Waals surface area contributed by atoms with Crippen molar-refractivity contribution in [1.82, 2.24) is 15.0 Å². The third kappa shape index (κ3) is 2.99. The highest BCUT2D eigenvalue weighted by Gasteiger charge is 2.16. The van der Waals surface area contributed by atoms with Crippen LogP contribution in [0.2, 0.25) is 10.0 Å². The molecule has 0 radical (unpaired) electrons. The van der Waals surface area contributed by atoms with Gasteiger partial charge < -0.3 is 10.1 Å². The number of rotatable bonds is 3. The van der Waals surface area contributed by atoms with E-state index in [9.17, 15) is 0 Å². The molecule has 0 bridgehead atoms. The molecule has 0 fully saturated rings. The molecule has 7 heteroatoms. The zero-order chi connectivity index (χ0) is 19.0.